The lowest BCUT2D eigenvalue weighted by atomic mass is 10.0. The fraction of sp³-hybridized carbons (Fsp3) is 0.646. The number of nitrogens with two attached hydrogens (primary N) is 7. The first-order valence-electron chi connectivity index (χ1n) is 26.7. The number of imidazole rings is 1. The van der Waals surface area contributed by atoms with Crippen LogP contribution in [-0.2, 0) is 59.2 Å². The zero-order chi connectivity index (χ0) is 62.5. The minimum absolute atomic E-state index is 0.00196. The average molecular weight is 1180 g/mol. The first-order valence-corrected chi connectivity index (χ1v) is 26.7. The number of aliphatic hydroxyl groups excluding tert-OH is 1. The lowest BCUT2D eigenvalue weighted by Crippen LogP contribution is -2.62. The molecule has 26 N–H and O–H groups in total. The summed E-state index contributed by atoms with van der Waals surface area (Å²) in [7, 11) is 0. The number of guanidine groups is 3. The smallest absolute Gasteiger partial charge is 0.326 e. The van der Waals surface area contributed by atoms with Crippen molar-refractivity contribution in [2.75, 3.05) is 26.2 Å². The maximum atomic E-state index is 14.4. The minimum atomic E-state index is -1.78. The topological polar surface area (TPSA) is 604 Å². The Balaban J connectivity index is 2.42. The summed E-state index contributed by atoms with van der Waals surface area (Å²) >= 11 is 0. The number of hydrogen-bond donors (Lipinski definition) is 19. The van der Waals surface area contributed by atoms with Gasteiger partial charge in [0.1, 0.15) is 48.3 Å². The summed E-state index contributed by atoms with van der Waals surface area (Å²) in [5.74, 6) is -13.2. The first-order chi connectivity index (χ1) is 39.0. The summed E-state index contributed by atoms with van der Waals surface area (Å²) in [6.45, 7) is 4.59. The van der Waals surface area contributed by atoms with Gasteiger partial charge in [-0.05, 0) is 77.0 Å². The summed E-state index contributed by atoms with van der Waals surface area (Å²) in [6.07, 6.45) is -1.42. The summed E-state index contributed by atoms with van der Waals surface area (Å²) in [5.41, 5.74) is 38.6. The molecule has 1 aromatic heterocycles. The predicted molar refractivity (Wildman–Crippen MR) is 296 cm³/mol. The van der Waals surface area contributed by atoms with Gasteiger partial charge in [-0.2, -0.15) is 0 Å². The number of carboxylic acid groups (broad SMARTS) is 3. The molecule has 2 heterocycles. The number of nitrogens with one attached hydrogen (secondary N) is 8. The van der Waals surface area contributed by atoms with Crippen LogP contribution in [0.4, 0.5) is 0 Å². The molecule has 2 rings (SSSR count). The standard InChI is InChI=1S/C48H82N20O15/c1-23(2)35(66-37(74)26(49)8-4-16-57-46(50)51)43(80)63-27(9-5-17-58-47(52)53)40(77)67-36(24(3)69)44(81)68-19-7-11-32(68)42(79)65-31(20-25-21-56-22-60-25)41(78)62-28(12-14-33(70)71)38(75)61-29(13-15-34(72)73)39(76)64-30(45(82)83)10-6-18-59-48(54)55/h21-24,26-32,35-36,69H,4-20,49H2,1-3H3,(H,56,60)(H,61,75)(H,62,78)(H,63,80)(H,64,76)(H,65,79)(H,66,74)(H,67,77)(H,70,71)(H,72,73)(H,82,83)(H4,50,51,57)(H4,52,53,58)(H4,54,55,59)/t24-,26+,27+,28+,29+,30+,31+,32+,35+,36+/m1/s1. The summed E-state index contributed by atoms with van der Waals surface area (Å²) in [4.78, 5) is 166. The number of aliphatic carboxylic acids is 3. The Hall–Kier alpha value is -8.89. The number of H-pyrrole nitrogens is 1. The normalized spacial score (nSPS) is 16.1. The van der Waals surface area contributed by atoms with Crippen LogP contribution in [0.1, 0.15) is 104 Å². The molecule has 1 aliphatic rings. The van der Waals surface area contributed by atoms with E-state index in [1.54, 1.807) is 13.8 Å². The van der Waals surface area contributed by atoms with E-state index in [1.807, 2.05) is 0 Å². The highest BCUT2D eigenvalue weighted by molar-refractivity contribution is 5.99. The Morgan fingerprint density at radius 1 is 0.602 bits per heavy atom. The van der Waals surface area contributed by atoms with E-state index in [-0.39, 0.29) is 101 Å². The Morgan fingerprint density at radius 2 is 1.05 bits per heavy atom. The molecule has 0 radical (unpaired) electrons. The number of carbonyl (C=O) groups excluding carboxylic acids is 8. The Labute approximate surface area is 477 Å². The van der Waals surface area contributed by atoms with Crippen LogP contribution in [0.2, 0.25) is 0 Å². The van der Waals surface area contributed by atoms with E-state index in [9.17, 15) is 73.2 Å². The van der Waals surface area contributed by atoms with Crippen molar-refractivity contribution in [1.29, 1.82) is 0 Å². The van der Waals surface area contributed by atoms with Crippen LogP contribution in [0.15, 0.2) is 27.5 Å². The molecule has 35 nitrogen and oxygen atoms in total. The van der Waals surface area contributed by atoms with Crippen molar-refractivity contribution in [3.05, 3.63) is 18.2 Å². The SMILES string of the molecule is CC(C)[C@H](NC(=O)[C@@H](N)CCCN=C(N)N)C(=O)N[C@@H](CCCN=C(N)N)C(=O)N[C@H](C(=O)N1CCC[C@H]1C(=O)N[C@@H](Cc1cnc[nH]1)C(=O)N[C@@H](CCC(=O)O)C(=O)N[C@@H](CCC(=O)O)C(=O)N[C@@H](CCCN=C(N)N)C(=O)O)[C@@H](C)O. The lowest BCUT2D eigenvalue weighted by Gasteiger charge is -2.32. The Kier molecular flexibility index (Phi) is 30.2. The van der Waals surface area contributed by atoms with Crippen LogP contribution in [0.3, 0.4) is 0 Å². The highest BCUT2D eigenvalue weighted by atomic mass is 16.4. The van der Waals surface area contributed by atoms with Crippen molar-refractivity contribution in [1.82, 2.24) is 52.1 Å². The highest BCUT2D eigenvalue weighted by Crippen LogP contribution is 2.21. The zero-order valence-electron chi connectivity index (χ0n) is 46.6. The second-order valence-electron chi connectivity index (χ2n) is 19.9. The maximum Gasteiger partial charge on any atom is 0.326 e. The molecular weight excluding hydrogens is 1100 g/mol. The molecule has 1 fully saturated rings. The monoisotopic (exact) mass is 1180 g/mol. The van der Waals surface area contributed by atoms with Crippen LogP contribution in [0, 0.1) is 5.92 Å². The molecule has 1 aliphatic heterocycles. The number of carbonyl (C=O) groups is 11. The van der Waals surface area contributed by atoms with Gasteiger partial charge in [-0.15, -0.1) is 0 Å². The molecule has 1 saturated heterocycles. The van der Waals surface area contributed by atoms with Gasteiger partial charge >= 0.3 is 17.9 Å². The number of aliphatic hydroxyl groups is 1. The molecule has 1 aromatic rings. The molecule has 8 amide bonds. The molecule has 35 heteroatoms. The van der Waals surface area contributed by atoms with Crippen LogP contribution < -0.4 is 77.4 Å². The number of rotatable bonds is 38. The summed E-state index contributed by atoms with van der Waals surface area (Å²) < 4.78 is 0. The van der Waals surface area contributed by atoms with Gasteiger partial charge in [0, 0.05) is 57.3 Å². The fourth-order valence-electron chi connectivity index (χ4n) is 8.35. The van der Waals surface area contributed by atoms with Crippen LogP contribution in [0.5, 0.6) is 0 Å². The van der Waals surface area contributed by atoms with Gasteiger partial charge in [0.2, 0.25) is 47.3 Å². The molecule has 0 aromatic carbocycles. The second-order valence-corrected chi connectivity index (χ2v) is 19.9. The zero-order valence-corrected chi connectivity index (χ0v) is 46.6. The van der Waals surface area contributed by atoms with Gasteiger partial charge < -0.3 is 108 Å². The number of nitrogens with zero attached hydrogens (tertiary/aromatic N) is 5. The predicted octanol–water partition coefficient (Wildman–Crippen LogP) is -7.32. The Morgan fingerprint density at radius 3 is 1.51 bits per heavy atom. The first kappa shape index (κ1) is 70.2. The largest absolute Gasteiger partial charge is 0.481 e. The van der Waals surface area contributed by atoms with Crippen molar-refractivity contribution < 1.29 is 73.2 Å². The van der Waals surface area contributed by atoms with E-state index in [0.29, 0.717) is 6.42 Å². The number of aliphatic imine (C=N–C) groups is 3. The lowest BCUT2D eigenvalue weighted by molar-refractivity contribution is -0.145. The average Bonchev–Trinajstić information content (AvgIpc) is 4.31. The fourth-order valence-corrected chi connectivity index (χ4v) is 8.35. The van der Waals surface area contributed by atoms with Crippen molar-refractivity contribution in [2.45, 2.75) is 165 Å². The van der Waals surface area contributed by atoms with Crippen molar-refractivity contribution in [2.24, 2.45) is 61.0 Å². The molecule has 83 heavy (non-hydrogen) atoms. The van der Waals surface area contributed by atoms with Crippen LogP contribution >= 0.6 is 0 Å². The molecule has 464 valence electrons. The van der Waals surface area contributed by atoms with E-state index >= 15 is 0 Å². The van der Waals surface area contributed by atoms with Gasteiger partial charge in [-0.25, -0.2) is 9.78 Å². The minimum Gasteiger partial charge on any atom is -0.481 e. The van der Waals surface area contributed by atoms with Gasteiger partial charge in [-0.1, -0.05) is 13.8 Å². The number of aromatic nitrogens is 2. The number of carboxylic acids is 3. The third kappa shape index (κ3) is 26.1. The number of aromatic amines is 1. The second kappa shape index (κ2) is 35.8. The van der Waals surface area contributed by atoms with Gasteiger partial charge in [-0.3, -0.25) is 62.9 Å². The third-order valence-electron chi connectivity index (χ3n) is 12.7. The maximum absolute atomic E-state index is 14.4. The number of hydrogen-bond acceptors (Lipinski definition) is 17. The van der Waals surface area contributed by atoms with Gasteiger partial charge in [0.25, 0.3) is 0 Å². The van der Waals surface area contributed by atoms with E-state index in [2.05, 4.69) is 62.2 Å². The third-order valence-corrected chi connectivity index (χ3v) is 12.7. The van der Waals surface area contributed by atoms with E-state index in [0.717, 1.165) is 4.90 Å². The molecule has 0 saturated carbocycles. The molecule has 0 spiro atoms. The number of likely N-dealkylation sites (tertiary alicyclic amines) is 1. The number of amides is 8. The van der Waals surface area contributed by atoms with Crippen LogP contribution in [-0.4, -0.2) is 205 Å². The highest BCUT2D eigenvalue weighted by Gasteiger charge is 2.42. The molecule has 0 bridgehead atoms. The molecular formula is C48H82N20O15. The molecule has 0 aliphatic carbocycles. The summed E-state index contributed by atoms with van der Waals surface area (Å²) in [6, 6.07) is -13.5. The van der Waals surface area contributed by atoms with Gasteiger partial charge in [0.15, 0.2) is 17.9 Å². The quantitative estimate of drug-likeness (QED) is 0.0166. The van der Waals surface area contributed by atoms with Crippen molar-refractivity contribution in [3.63, 3.8) is 0 Å². The molecule has 0 unspecified atom stereocenters. The van der Waals surface area contributed by atoms with E-state index < -0.39 is 157 Å². The molecule has 10 atom stereocenters. The Bertz CT molecular complexity index is 2460. The summed E-state index contributed by atoms with van der Waals surface area (Å²) in [5, 5.41) is 56.9. The van der Waals surface area contributed by atoms with E-state index in [1.165, 1.54) is 19.4 Å². The van der Waals surface area contributed by atoms with Gasteiger partial charge in [0.05, 0.1) is 18.5 Å². The van der Waals surface area contributed by atoms with E-state index in [4.69, 9.17) is 40.1 Å². The van der Waals surface area contributed by atoms with Crippen LogP contribution in [0.25, 0.3) is 0 Å². The van der Waals surface area contributed by atoms with Crippen molar-refractivity contribution in [3.8, 4) is 0 Å². The van der Waals surface area contributed by atoms with Crippen molar-refractivity contribution >= 4 is 83.0 Å².